The highest BCUT2D eigenvalue weighted by molar-refractivity contribution is 5.72. The molecular weight excluding hydrogens is 805 g/mol. The fourth-order valence-corrected chi connectivity index (χ4v) is 7.18. The molecule has 0 aromatic rings. The second kappa shape index (κ2) is 52.9. The van der Waals surface area contributed by atoms with Gasteiger partial charge in [-0.05, 0) is 77.0 Å². The highest BCUT2D eigenvalue weighted by Gasteiger charge is 2.19. The van der Waals surface area contributed by atoms with Gasteiger partial charge in [0.05, 0.1) is 6.42 Å². The largest absolute Gasteiger partial charge is 0.462 e. The van der Waals surface area contributed by atoms with Crippen molar-refractivity contribution in [1.82, 2.24) is 0 Å². The topological polar surface area (TPSA) is 78.9 Å². The Morgan fingerprint density at radius 2 is 0.662 bits per heavy atom. The van der Waals surface area contributed by atoms with Crippen LogP contribution in [0.25, 0.3) is 0 Å². The summed E-state index contributed by atoms with van der Waals surface area (Å²) in [5.41, 5.74) is 0. The average Bonchev–Trinajstić information content (AvgIpc) is 3.30. The first-order valence-corrected chi connectivity index (χ1v) is 26.7. The molecular formula is C59H98O6. The first kappa shape index (κ1) is 61.3. The van der Waals surface area contributed by atoms with Crippen LogP contribution in [0.15, 0.2) is 97.2 Å². The molecule has 0 aromatic heterocycles. The minimum Gasteiger partial charge on any atom is -0.462 e. The molecule has 0 spiro atoms. The van der Waals surface area contributed by atoms with E-state index in [-0.39, 0.29) is 31.6 Å². The highest BCUT2D eigenvalue weighted by Crippen LogP contribution is 2.16. The lowest BCUT2D eigenvalue weighted by Gasteiger charge is -2.18. The zero-order valence-corrected chi connectivity index (χ0v) is 42.2. The van der Waals surface area contributed by atoms with Gasteiger partial charge >= 0.3 is 17.9 Å². The second-order valence-electron chi connectivity index (χ2n) is 17.4. The number of carbonyl (C=O) groups is 3. The van der Waals surface area contributed by atoms with Gasteiger partial charge in [0.15, 0.2) is 6.10 Å². The SMILES string of the molecule is CC/C=C\C/C=C\C/C=C\C/C=C\C/C=C\CCCCCC(=O)OCC(COC(=O)C/C=C\C/C=C\C/C=C\CC)OC(=O)CCCCCCCCCCCCCCCCCCCCC. The van der Waals surface area contributed by atoms with E-state index in [1.165, 1.54) is 103 Å². The van der Waals surface area contributed by atoms with E-state index in [2.05, 4.69) is 106 Å². The van der Waals surface area contributed by atoms with Crippen molar-refractivity contribution in [3.05, 3.63) is 97.2 Å². The van der Waals surface area contributed by atoms with Crippen LogP contribution >= 0.6 is 0 Å². The molecule has 0 bridgehead atoms. The third-order valence-electron chi connectivity index (χ3n) is 11.1. The van der Waals surface area contributed by atoms with Crippen LogP contribution < -0.4 is 0 Å². The normalized spacial score (nSPS) is 12.8. The lowest BCUT2D eigenvalue weighted by Crippen LogP contribution is -2.30. The molecule has 1 atom stereocenters. The van der Waals surface area contributed by atoms with Gasteiger partial charge in [-0.15, -0.1) is 0 Å². The molecule has 0 aromatic carbocycles. The quantitative estimate of drug-likeness (QED) is 0.0262. The molecule has 65 heavy (non-hydrogen) atoms. The number of hydrogen-bond donors (Lipinski definition) is 0. The summed E-state index contributed by atoms with van der Waals surface area (Å²) in [6.45, 7) is 6.29. The fraction of sp³-hybridized carbons (Fsp3) is 0.678. The molecule has 6 heteroatoms. The average molecular weight is 903 g/mol. The molecule has 370 valence electrons. The van der Waals surface area contributed by atoms with Gasteiger partial charge in [-0.25, -0.2) is 0 Å². The molecule has 0 aliphatic carbocycles. The van der Waals surface area contributed by atoms with Crippen LogP contribution in [0.1, 0.15) is 239 Å². The molecule has 0 heterocycles. The monoisotopic (exact) mass is 903 g/mol. The van der Waals surface area contributed by atoms with Crippen LogP contribution in [0.3, 0.4) is 0 Å². The number of unbranched alkanes of at least 4 members (excludes halogenated alkanes) is 21. The summed E-state index contributed by atoms with van der Waals surface area (Å²) in [6.07, 6.45) is 70.1. The standard InChI is InChI=1S/C59H98O6/c1-4-7-10-13-16-19-21-23-25-27-29-31-33-35-37-40-43-46-49-52-58(61)64-55-56(54-63-57(60)51-48-45-42-39-18-15-12-9-6-3)65-59(62)53-50-47-44-41-38-36-34-32-30-28-26-24-22-20-17-14-11-8-5-2/h7,9-10,12,16,18-19,23,25,29,31,35,37,39,45,48,56H,4-6,8,11,13-15,17,20-22,24,26-28,30,32-34,36,38,40-44,46-47,49-55H2,1-3H3/b10-7-,12-9-,19-16-,25-23-,31-29-,37-35-,39-18-,48-45-. The predicted octanol–water partition coefficient (Wildman–Crippen LogP) is 17.8. The van der Waals surface area contributed by atoms with E-state index >= 15 is 0 Å². The lowest BCUT2D eigenvalue weighted by molar-refractivity contribution is -0.166. The van der Waals surface area contributed by atoms with Crippen LogP contribution in [0.2, 0.25) is 0 Å². The van der Waals surface area contributed by atoms with Crippen LogP contribution in [0.5, 0.6) is 0 Å². The summed E-state index contributed by atoms with van der Waals surface area (Å²) in [5, 5.41) is 0. The van der Waals surface area contributed by atoms with Crippen LogP contribution in [-0.2, 0) is 28.6 Å². The number of ether oxygens (including phenoxy) is 3. The molecule has 0 saturated heterocycles. The van der Waals surface area contributed by atoms with Crippen molar-refractivity contribution < 1.29 is 28.6 Å². The molecule has 6 nitrogen and oxygen atoms in total. The predicted molar refractivity (Wildman–Crippen MR) is 279 cm³/mol. The Hall–Kier alpha value is -3.67. The Bertz CT molecular complexity index is 1310. The van der Waals surface area contributed by atoms with Crippen molar-refractivity contribution in [2.75, 3.05) is 13.2 Å². The number of allylic oxidation sites excluding steroid dienone is 15. The van der Waals surface area contributed by atoms with E-state index in [9.17, 15) is 14.4 Å². The Morgan fingerprint density at radius 1 is 0.338 bits per heavy atom. The van der Waals surface area contributed by atoms with Crippen LogP contribution in [-0.4, -0.2) is 37.2 Å². The van der Waals surface area contributed by atoms with Gasteiger partial charge in [0.1, 0.15) is 13.2 Å². The molecule has 0 N–H and O–H groups in total. The molecule has 0 radical (unpaired) electrons. The van der Waals surface area contributed by atoms with Crippen LogP contribution in [0.4, 0.5) is 0 Å². The van der Waals surface area contributed by atoms with Gasteiger partial charge in [-0.2, -0.15) is 0 Å². The summed E-state index contributed by atoms with van der Waals surface area (Å²) in [5.74, 6) is -1.08. The maximum Gasteiger partial charge on any atom is 0.309 e. The van der Waals surface area contributed by atoms with Crippen molar-refractivity contribution >= 4 is 17.9 Å². The minimum absolute atomic E-state index is 0.121. The molecule has 0 rings (SSSR count). The summed E-state index contributed by atoms with van der Waals surface area (Å²) in [4.78, 5) is 37.9. The van der Waals surface area contributed by atoms with E-state index in [0.717, 1.165) is 96.3 Å². The Morgan fingerprint density at radius 3 is 1.08 bits per heavy atom. The number of hydrogen-bond acceptors (Lipinski definition) is 6. The number of rotatable bonds is 47. The molecule has 0 amide bonds. The molecule has 0 aliphatic rings. The molecule has 0 aliphatic heterocycles. The summed E-state index contributed by atoms with van der Waals surface area (Å²) >= 11 is 0. The first-order chi connectivity index (χ1) is 32.0. The molecule has 1 unspecified atom stereocenters. The van der Waals surface area contributed by atoms with Gasteiger partial charge in [-0.1, -0.05) is 240 Å². The first-order valence-electron chi connectivity index (χ1n) is 26.7. The van der Waals surface area contributed by atoms with E-state index in [1.54, 1.807) is 6.08 Å². The van der Waals surface area contributed by atoms with E-state index < -0.39 is 12.1 Å². The van der Waals surface area contributed by atoms with Crippen molar-refractivity contribution in [3.63, 3.8) is 0 Å². The van der Waals surface area contributed by atoms with Gasteiger partial charge in [0, 0.05) is 12.8 Å². The summed E-state index contributed by atoms with van der Waals surface area (Å²) in [6, 6.07) is 0. The van der Waals surface area contributed by atoms with Crippen molar-refractivity contribution in [1.29, 1.82) is 0 Å². The van der Waals surface area contributed by atoms with Crippen LogP contribution in [0, 0.1) is 0 Å². The van der Waals surface area contributed by atoms with E-state index in [0.29, 0.717) is 12.8 Å². The smallest absolute Gasteiger partial charge is 0.309 e. The summed E-state index contributed by atoms with van der Waals surface area (Å²) in [7, 11) is 0. The second-order valence-corrected chi connectivity index (χ2v) is 17.4. The zero-order chi connectivity index (χ0) is 47.2. The maximum atomic E-state index is 12.8. The third-order valence-corrected chi connectivity index (χ3v) is 11.1. The molecule has 0 saturated carbocycles. The minimum atomic E-state index is -0.825. The third kappa shape index (κ3) is 51.2. The lowest BCUT2D eigenvalue weighted by atomic mass is 10.0. The zero-order valence-electron chi connectivity index (χ0n) is 42.2. The Balaban J connectivity index is 4.39. The Kier molecular flexibility index (Phi) is 50.0. The number of carbonyl (C=O) groups excluding carboxylic acids is 3. The van der Waals surface area contributed by atoms with Gasteiger partial charge < -0.3 is 14.2 Å². The van der Waals surface area contributed by atoms with Crippen molar-refractivity contribution in [2.24, 2.45) is 0 Å². The highest BCUT2D eigenvalue weighted by atomic mass is 16.6. The number of esters is 3. The van der Waals surface area contributed by atoms with Gasteiger partial charge in [0.25, 0.3) is 0 Å². The summed E-state index contributed by atoms with van der Waals surface area (Å²) < 4.78 is 16.7. The van der Waals surface area contributed by atoms with Gasteiger partial charge in [-0.3, -0.25) is 14.4 Å². The van der Waals surface area contributed by atoms with Gasteiger partial charge in [0.2, 0.25) is 0 Å². The fourth-order valence-electron chi connectivity index (χ4n) is 7.18. The van der Waals surface area contributed by atoms with Crippen molar-refractivity contribution in [2.45, 2.75) is 245 Å². The van der Waals surface area contributed by atoms with E-state index in [4.69, 9.17) is 14.2 Å². The molecule has 0 fully saturated rings. The van der Waals surface area contributed by atoms with E-state index in [1.807, 2.05) is 6.08 Å². The Labute approximate surface area is 400 Å². The maximum absolute atomic E-state index is 12.8. The van der Waals surface area contributed by atoms with Crippen molar-refractivity contribution in [3.8, 4) is 0 Å².